The van der Waals surface area contributed by atoms with Crippen molar-refractivity contribution in [3.8, 4) is 0 Å². The van der Waals surface area contributed by atoms with E-state index in [9.17, 15) is 0 Å². The standard InChI is InChI=1S/C18H22N2/c1-19-18(12-14-6-3-2-4-7-14)16-9-10-17-15(13-16)8-5-11-20-17/h5-6,8-11,13,18-19H,2-4,7,12H2,1H3. The lowest BCUT2D eigenvalue weighted by Crippen LogP contribution is -2.17. The summed E-state index contributed by atoms with van der Waals surface area (Å²) in [4.78, 5) is 4.39. The zero-order valence-electron chi connectivity index (χ0n) is 12.1. The molecule has 0 saturated carbocycles. The summed E-state index contributed by atoms with van der Waals surface area (Å²) in [5.74, 6) is 0. The number of rotatable bonds is 4. The van der Waals surface area contributed by atoms with E-state index in [1.165, 1.54) is 36.6 Å². The fourth-order valence-electron chi connectivity index (χ4n) is 3.05. The average Bonchev–Trinajstić information content (AvgIpc) is 2.53. The van der Waals surface area contributed by atoms with Gasteiger partial charge in [0, 0.05) is 17.6 Å². The zero-order chi connectivity index (χ0) is 13.8. The van der Waals surface area contributed by atoms with Gasteiger partial charge in [0.1, 0.15) is 0 Å². The Bertz CT molecular complexity index is 616. The summed E-state index contributed by atoms with van der Waals surface area (Å²) in [5, 5.41) is 4.69. The normalized spacial score (nSPS) is 16.9. The monoisotopic (exact) mass is 266 g/mol. The third kappa shape index (κ3) is 2.91. The van der Waals surface area contributed by atoms with Crippen LogP contribution in [0, 0.1) is 0 Å². The first-order chi connectivity index (χ1) is 9.86. The summed E-state index contributed by atoms with van der Waals surface area (Å²) in [6.07, 6.45) is 10.7. The van der Waals surface area contributed by atoms with Gasteiger partial charge in [0.25, 0.3) is 0 Å². The van der Waals surface area contributed by atoms with E-state index in [1.54, 1.807) is 5.57 Å². The number of hydrogen-bond donors (Lipinski definition) is 1. The number of allylic oxidation sites excluding steroid dienone is 1. The molecule has 0 saturated heterocycles. The fourth-order valence-corrected chi connectivity index (χ4v) is 3.05. The number of nitrogens with one attached hydrogen (secondary N) is 1. The van der Waals surface area contributed by atoms with Crippen LogP contribution in [0.2, 0.25) is 0 Å². The Morgan fingerprint density at radius 3 is 3.00 bits per heavy atom. The first kappa shape index (κ1) is 13.3. The van der Waals surface area contributed by atoms with Gasteiger partial charge in [-0.15, -0.1) is 0 Å². The minimum atomic E-state index is 0.406. The van der Waals surface area contributed by atoms with E-state index in [4.69, 9.17) is 0 Å². The second-order valence-corrected chi connectivity index (χ2v) is 5.61. The number of nitrogens with zero attached hydrogens (tertiary/aromatic N) is 1. The summed E-state index contributed by atoms with van der Waals surface area (Å²) in [6.45, 7) is 0. The minimum absolute atomic E-state index is 0.406. The lowest BCUT2D eigenvalue weighted by atomic mass is 9.91. The summed E-state index contributed by atoms with van der Waals surface area (Å²) in [5.41, 5.74) is 4.05. The molecule has 0 spiro atoms. The predicted octanol–water partition coefficient (Wildman–Crippen LogP) is 4.39. The van der Waals surface area contributed by atoms with Gasteiger partial charge >= 0.3 is 0 Å². The molecule has 1 N–H and O–H groups in total. The summed E-state index contributed by atoms with van der Waals surface area (Å²) < 4.78 is 0. The van der Waals surface area contributed by atoms with Crippen molar-refractivity contribution < 1.29 is 0 Å². The maximum atomic E-state index is 4.39. The van der Waals surface area contributed by atoms with Crippen LogP contribution in [0.1, 0.15) is 43.7 Å². The van der Waals surface area contributed by atoms with Gasteiger partial charge in [0.15, 0.2) is 0 Å². The molecule has 2 nitrogen and oxygen atoms in total. The number of pyridine rings is 1. The van der Waals surface area contributed by atoms with Crippen LogP contribution >= 0.6 is 0 Å². The van der Waals surface area contributed by atoms with Crippen LogP contribution in [0.5, 0.6) is 0 Å². The molecule has 0 fully saturated rings. The largest absolute Gasteiger partial charge is 0.313 e. The highest BCUT2D eigenvalue weighted by molar-refractivity contribution is 5.79. The Balaban J connectivity index is 1.84. The van der Waals surface area contributed by atoms with Crippen molar-refractivity contribution in [2.24, 2.45) is 0 Å². The molecule has 2 heteroatoms. The highest BCUT2D eigenvalue weighted by Gasteiger charge is 2.13. The van der Waals surface area contributed by atoms with E-state index in [1.807, 2.05) is 12.3 Å². The van der Waals surface area contributed by atoms with Crippen LogP contribution in [-0.2, 0) is 0 Å². The quantitative estimate of drug-likeness (QED) is 0.830. The van der Waals surface area contributed by atoms with Gasteiger partial charge in [-0.25, -0.2) is 0 Å². The topological polar surface area (TPSA) is 24.9 Å². The zero-order valence-corrected chi connectivity index (χ0v) is 12.1. The maximum Gasteiger partial charge on any atom is 0.0702 e. The van der Waals surface area contributed by atoms with E-state index < -0.39 is 0 Å². The van der Waals surface area contributed by atoms with Crippen LogP contribution in [0.4, 0.5) is 0 Å². The molecule has 1 aliphatic carbocycles. The molecule has 0 amide bonds. The molecule has 0 aliphatic heterocycles. The number of aromatic nitrogens is 1. The van der Waals surface area contributed by atoms with Gasteiger partial charge < -0.3 is 5.32 Å². The smallest absolute Gasteiger partial charge is 0.0702 e. The predicted molar refractivity (Wildman–Crippen MR) is 84.7 cm³/mol. The highest BCUT2D eigenvalue weighted by atomic mass is 14.9. The van der Waals surface area contributed by atoms with E-state index in [0.29, 0.717) is 6.04 Å². The second-order valence-electron chi connectivity index (χ2n) is 5.61. The molecule has 1 unspecified atom stereocenters. The molecule has 0 bridgehead atoms. The van der Waals surface area contributed by atoms with Crippen LogP contribution in [0.3, 0.4) is 0 Å². The number of benzene rings is 1. The van der Waals surface area contributed by atoms with Crippen molar-refractivity contribution in [3.05, 3.63) is 53.7 Å². The van der Waals surface area contributed by atoms with E-state index in [-0.39, 0.29) is 0 Å². The van der Waals surface area contributed by atoms with Gasteiger partial charge in [-0.2, -0.15) is 0 Å². The Morgan fingerprint density at radius 2 is 2.20 bits per heavy atom. The SMILES string of the molecule is CNC(CC1=CCCCC1)c1ccc2ncccc2c1. The molecule has 1 aromatic carbocycles. The van der Waals surface area contributed by atoms with E-state index >= 15 is 0 Å². The Labute approximate surface area is 120 Å². The van der Waals surface area contributed by atoms with Crippen LogP contribution in [-0.4, -0.2) is 12.0 Å². The van der Waals surface area contributed by atoms with E-state index in [0.717, 1.165) is 11.9 Å². The van der Waals surface area contributed by atoms with Gasteiger partial charge in [-0.3, -0.25) is 4.98 Å². The summed E-state index contributed by atoms with van der Waals surface area (Å²) >= 11 is 0. The average molecular weight is 266 g/mol. The molecule has 1 heterocycles. The molecular weight excluding hydrogens is 244 g/mol. The molecule has 2 aromatic rings. The van der Waals surface area contributed by atoms with Crippen LogP contribution in [0.15, 0.2) is 48.2 Å². The van der Waals surface area contributed by atoms with Crippen molar-refractivity contribution in [1.82, 2.24) is 10.3 Å². The molecule has 20 heavy (non-hydrogen) atoms. The van der Waals surface area contributed by atoms with Crippen molar-refractivity contribution >= 4 is 10.9 Å². The molecule has 0 radical (unpaired) electrons. The van der Waals surface area contributed by atoms with Gasteiger partial charge in [0.2, 0.25) is 0 Å². The Morgan fingerprint density at radius 1 is 1.25 bits per heavy atom. The van der Waals surface area contributed by atoms with Gasteiger partial charge in [0.05, 0.1) is 5.52 Å². The molecule has 1 aliphatic rings. The first-order valence-corrected chi connectivity index (χ1v) is 7.56. The van der Waals surface area contributed by atoms with E-state index in [2.05, 4.69) is 47.7 Å². The van der Waals surface area contributed by atoms with Crippen molar-refractivity contribution in [2.75, 3.05) is 7.05 Å². The van der Waals surface area contributed by atoms with Gasteiger partial charge in [-0.05, 0) is 62.9 Å². The van der Waals surface area contributed by atoms with Crippen LogP contribution < -0.4 is 5.32 Å². The Hall–Kier alpha value is -1.67. The van der Waals surface area contributed by atoms with Crippen molar-refractivity contribution in [1.29, 1.82) is 0 Å². The minimum Gasteiger partial charge on any atom is -0.313 e. The molecule has 1 atom stereocenters. The summed E-state index contributed by atoms with van der Waals surface area (Å²) in [6, 6.07) is 11.2. The third-order valence-electron chi connectivity index (χ3n) is 4.23. The van der Waals surface area contributed by atoms with Crippen LogP contribution in [0.25, 0.3) is 10.9 Å². The molecular formula is C18H22N2. The highest BCUT2D eigenvalue weighted by Crippen LogP contribution is 2.28. The number of fused-ring (bicyclic) bond motifs is 1. The Kier molecular flexibility index (Phi) is 4.12. The van der Waals surface area contributed by atoms with Gasteiger partial charge in [-0.1, -0.05) is 23.8 Å². The summed E-state index contributed by atoms with van der Waals surface area (Å²) in [7, 11) is 2.06. The van der Waals surface area contributed by atoms with Crippen molar-refractivity contribution in [2.45, 2.75) is 38.1 Å². The molecule has 1 aromatic heterocycles. The third-order valence-corrected chi connectivity index (χ3v) is 4.23. The molecule has 104 valence electrons. The first-order valence-electron chi connectivity index (χ1n) is 7.56. The molecule has 3 rings (SSSR count). The number of hydrogen-bond acceptors (Lipinski definition) is 2. The lowest BCUT2D eigenvalue weighted by Gasteiger charge is -2.21. The lowest BCUT2D eigenvalue weighted by molar-refractivity contribution is 0.559. The van der Waals surface area contributed by atoms with Crippen molar-refractivity contribution in [3.63, 3.8) is 0 Å². The fraction of sp³-hybridized carbons (Fsp3) is 0.389. The second kappa shape index (κ2) is 6.19. The maximum absolute atomic E-state index is 4.39.